The zero-order valence-corrected chi connectivity index (χ0v) is 12.7. The molecule has 1 heterocycles. The molecule has 1 atom stereocenters. The molecule has 4 nitrogen and oxygen atoms in total. The lowest BCUT2D eigenvalue weighted by Crippen LogP contribution is -2.51. The Hall–Kier alpha value is -1.83. The largest absolute Gasteiger partial charge is 0.379 e. The first-order valence-corrected chi connectivity index (χ1v) is 7.24. The van der Waals surface area contributed by atoms with Gasteiger partial charge in [0.05, 0.1) is 18.7 Å². The fraction of sp³-hybridized carbons (Fsp3) is 0.471. The summed E-state index contributed by atoms with van der Waals surface area (Å²) in [6.07, 6.45) is 1.92. The lowest BCUT2D eigenvalue weighted by atomic mass is 9.94. The van der Waals surface area contributed by atoms with Crippen molar-refractivity contribution in [1.29, 1.82) is 0 Å². The first-order chi connectivity index (χ1) is 10.0. The molecule has 1 saturated heterocycles. The Balaban J connectivity index is 2.11. The van der Waals surface area contributed by atoms with Crippen molar-refractivity contribution in [2.24, 2.45) is 5.73 Å². The van der Waals surface area contributed by atoms with Crippen LogP contribution in [-0.4, -0.2) is 31.2 Å². The summed E-state index contributed by atoms with van der Waals surface area (Å²) in [4.78, 5) is 12.4. The van der Waals surface area contributed by atoms with Crippen molar-refractivity contribution in [3.8, 4) is 11.8 Å². The van der Waals surface area contributed by atoms with E-state index in [2.05, 4.69) is 17.2 Å². The van der Waals surface area contributed by atoms with Gasteiger partial charge in [-0.2, -0.15) is 0 Å². The lowest BCUT2D eigenvalue weighted by molar-refractivity contribution is 0.0272. The number of hydrogen-bond donors (Lipinski definition) is 2. The number of rotatable bonds is 2. The van der Waals surface area contributed by atoms with Gasteiger partial charge in [0.2, 0.25) is 0 Å². The summed E-state index contributed by atoms with van der Waals surface area (Å²) in [5, 5.41) is 3.08. The molecule has 4 heteroatoms. The van der Waals surface area contributed by atoms with Gasteiger partial charge in [-0.15, -0.1) is 0 Å². The molecule has 0 radical (unpaired) electrons. The maximum Gasteiger partial charge on any atom is 0.251 e. The molecular formula is C17H22N2O2. The Morgan fingerprint density at radius 1 is 1.52 bits per heavy atom. The van der Waals surface area contributed by atoms with Crippen molar-refractivity contribution in [1.82, 2.24) is 5.32 Å². The second kappa shape index (κ2) is 6.75. The molecule has 1 aromatic carbocycles. The quantitative estimate of drug-likeness (QED) is 0.812. The van der Waals surface area contributed by atoms with Crippen LogP contribution in [0, 0.1) is 18.8 Å². The molecule has 1 fully saturated rings. The third-order valence-electron chi connectivity index (χ3n) is 3.67. The summed E-state index contributed by atoms with van der Waals surface area (Å²) in [5.74, 6) is 5.76. The summed E-state index contributed by atoms with van der Waals surface area (Å²) in [5.41, 5.74) is 7.63. The lowest BCUT2D eigenvalue weighted by Gasteiger charge is -2.34. The Labute approximate surface area is 126 Å². The van der Waals surface area contributed by atoms with Crippen LogP contribution in [0.25, 0.3) is 0 Å². The van der Waals surface area contributed by atoms with Crippen LogP contribution in [0.1, 0.15) is 41.3 Å². The minimum atomic E-state index is -0.277. The average molecular weight is 286 g/mol. The van der Waals surface area contributed by atoms with E-state index >= 15 is 0 Å². The molecule has 1 aliphatic rings. The fourth-order valence-electron chi connectivity index (χ4n) is 2.47. The Bertz CT molecular complexity index is 578. The van der Waals surface area contributed by atoms with Crippen LogP contribution in [0.5, 0.6) is 0 Å². The molecule has 112 valence electrons. The number of aryl methyl sites for hydroxylation is 1. The van der Waals surface area contributed by atoms with Gasteiger partial charge in [0.25, 0.3) is 5.91 Å². The summed E-state index contributed by atoms with van der Waals surface area (Å²) in [7, 11) is 0. The van der Waals surface area contributed by atoms with E-state index in [4.69, 9.17) is 10.5 Å². The molecule has 0 aliphatic carbocycles. The molecular weight excluding hydrogens is 264 g/mol. The van der Waals surface area contributed by atoms with Gasteiger partial charge < -0.3 is 15.8 Å². The highest BCUT2D eigenvalue weighted by Gasteiger charge is 2.29. The third-order valence-corrected chi connectivity index (χ3v) is 3.67. The summed E-state index contributed by atoms with van der Waals surface area (Å²) >= 11 is 0. The van der Waals surface area contributed by atoms with E-state index in [0.29, 0.717) is 18.7 Å². The highest BCUT2D eigenvalue weighted by molar-refractivity contribution is 5.95. The Morgan fingerprint density at radius 3 is 2.95 bits per heavy atom. The minimum Gasteiger partial charge on any atom is -0.379 e. The van der Waals surface area contributed by atoms with Crippen molar-refractivity contribution >= 4 is 5.91 Å². The number of nitrogens with two attached hydrogens (primary N) is 1. The predicted molar refractivity (Wildman–Crippen MR) is 83.0 cm³/mol. The van der Waals surface area contributed by atoms with Gasteiger partial charge in [0, 0.05) is 17.7 Å². The number of carbonyl (C=O) groups is 1. The number of ether oxygens (including phenoxy) is 1. The Morgan fingerprint density at radius 2 is 2.33 bits per heavy atom. The normalized spacial score (nSPS) is 21.3. The van der Waals surface area contributed by atoms with Gasteiger partial charge in [0.15, 0.2) is 0 Å². The summed E-state index contributed by atoms with van der Waals surface area (Å²) in [6, 6.07) is 5.53. The van der Waals surface area contributed by atoms with Gasteiger partial charge in [-0.3, -0.25) is 4.79 Å². The molecule has 0 bridgehead atoms. The minimum absolute atomic E-state index is 0.0653. The van der Waals surface area contributed by atoms with Gasteiger partial charge in [0.1, 0.15) is 0 Å². The van der Waals surface area contributed by atoms with Gasteiger partial charge in [-0.25, -0.2) is 0 Å². The standard InChI is InChI=1S/C17H22N2O2/c1-13-11-15(7-6-14(13)5-3-9-18)16(20)19-17(2)8-4-10-21-12-17/h6-7,11H,4,8-10,12,18H2,1-2H3,(H,19,20). The molecule has 21 heavy (non-hydrogen) atoms. The first-order valence-electron chi connectivity index (χ1n) is 7.24. The van der Waals surface area contributed by atoms with Crippen molar-refractivity contribution in [2.45, 2.75) is 32.2 Å². The van der Waals surface area contributed by atoms with E-state index in [1.165, 1.54) is 0 Å². The number of carbonyl (C=O) groups excluding carboxylic acids is 1. The second-order valence-electron chi connectivity index (χ2n) is 5.71. The topological polar surface area (TPSA) is 64.3 Å². The van der Waals surface area contributed by atoms with Crippen molar-refractivity contribution in [3.63, 3.8) is 0 Å². The zero-order chi connectivity index (χ0) is 15.3. The Kier molecular flexibility index (Phi) is 5.00. The van der Waals surface area contributed by atoms with Gasteiger partial charge in [-0.1, -0.05) is 11.8 Å². The van der Waals surface area contributed by atoms with Crippen LogP contribution < -0.4 is 11.1 Å². The van der Waals surface area contributed by atoms with Crippen LogP contribution in [0.2, 0.25) is 0 Å². The van der Waals surface area contributed by atoms with Crippen molar-refractivity contribution in [2.75, 3.05) is 19.8 Å². The molecule has 3 N–H and O–H groups in total. The van der Waals surface area contributed by atoms with Crippen molar-refractivity contribution < 1.29 is 9.53 Å². The number of amides is 1. The maximum absolute atomic E-state index is 12.4. The molecule has 2 rings (SSSR count). The van der Waals surface area contributed by atoms with E-state index in [-0.39, 0.29) is 11.4 Å². The number of hydrogen-bond acceptors (Lipinski definition) is 3. The van der Waals surface area contributed by atoms with Crippen LogP contribution in [-0.2, 0) is 4.74 Å². The second-order valence-corrected chi connectivity index (χ2v) is 5.71. The smallest absolute Gasteiger partial charge is 0.251 e. The maximum atomic E-state index is 12.4. The number of nitrogens with one attached hydrogen (secondary N) is 1. The van der Waals surface area contributed by atoms with E-state index in [1.807, 2.05) is 26.0 Å². The van der Waals surface area contributed by atoms with Gasteiger partial charge >= 0.3 is 0 Å². The number of benzene rings is 1. The SMILES string of the molecule is Cc1cc(C(=O)NC2(C)CCCOC2)ccc1C#CCN. The molecule has 0 spiro atoms. The summed E-state index contributed by atoms with van der Waals surface area (Å²) in [6.45, 7) is 5.65. The van der Waals surface area contributed by atoms with Crippen molar-refractivity contribution in [3.05, 3.63) is 34.9 Å². The van der Waals surface area contributed by atoms with E-state index in [9.17, 15) is 4.79 Å². The molecule has 0 aromatic heterocycles. The van der Waals surface area contributed by atoms with Crippen LogP contribution in [0.3, 0.4) is 0 Å². The van der Waals surface area contributed by atoms with Crippen LogP contribution >= 0.6 is 0 Å². The van der Waals surface area contributed by atoms with E-state index < -0.39 is 0 Å². The van der Waals surface area contributed by atoms with Crippen LogP contribution in [0.15, 0.2) is 18.2 Å². The molecule has 1 amide bonds. The fourth-order valence-corrected chi connectivity index (χ4v) is 2.47. The molecule has 1 aliphatic heterocycles. The monoisotopic (exact) mass is 286 g/mol. The molecule has 1 unspecified atom stereocenters. The first kappa shape index (κ1) is 15.6. The molecule has 0 saturated carbocycles. The highest BCUT2D eigenvalue weighted by atomic mass is 16.5. The zero-order valence-electron chi connectivity index (χ0n) is 12.7. The highest BCUT2D eigenvalue weighted by Crippen LogP contribution is 2.19. The van der Waals surface area contributed by atoms with E-state index in [0.717, 1.165) is 30.6 Å². The average Bonchev–Trinajstić information content (AvgIpc) is 2.46. The van der Waals surface area contributed by atoms with E-state index in [1.54, 1.807) is 6.07 Å². The molecule has 1 aromatic rings. The predicted octanol–water partition coefficient (Wildman–Crippen LogP) is 1.60. The van der Waals surface area contributed by atoms with Crippen LogP contribution in [0.4, 0.5) is 0 Å². The third kappa shape index (κ3) is 4.07. The van der Waals surface area contributed by atoms with Gasteiger partial charge in [-0.05, 0) is 50.5 Å². The summed E-state index contributed by atoms with van der Waals surface area (Å²) < 4.78 is 5.46.